The monoisotopic (exact) mass is 293 g/mol. The summed E-state index contributed by atoms with van der Waals surface area (Å²) in [6.45, 7) is 2.60. The van der Waals surface area contributed by atoms with Crippen molar-refractivity contribution in [3.05, 3.63) is 35.9 Å². The zero-order chi connectivity index (χ0) is 15.0. The number of hydrogen-bond donors (Lipinski definition) is 4. The number of amidine groups is 1. The lowest BCUT2D eigenvalue weighted by Crippen LogP contribution is -2.29. The Morgan fingerprint density at radius 1 is 1.40 bits per heavy atom. The average Bonchev–Trinajstić information content (AvgIpc) is 2.42. The van der Waals surface area contributed by atoms with E-state index in [2.05, 4.69) is 10.3 Å². The Morgan fingerprint density at radius 3 is 2.65 bits per heavy atom. The van der Waals surface area contributed by atoms with E-state index in [1.165, 1.54) is 5.56 Å². The topological polar surface area (TPSA) is 117 Å². The summed E-state index contributed by atoms with van der Waals surface area (Å²) < 4.78 is 0. The fourth-order valence-corrected chi connectivity index (χ4v) is 2.04. The molecule has 1 atom stereocenters. The summed E-state index contributed by atoms with van der Waals surface area (Å²) in [5.74, 6) is 0.0353. The van der Waals surface area contributed by atoms with Crippen molar-refractivity contribution in [3.8, 4) is 0 Å². The van der Waals surface area contributed by atoms with E-state index in [9.17, 15) is 4.79 Å². The summed E-state index contributed by atoms with van der Waals surface area (Å²) in [5, 5.41) is 10.1. The lowest BCUT2D eigenvalue weighted by atomic mass is 10.0. The molecular weight excluding hydrogens is 274 g/mol. The summed E-state index contributed by atoms with van der Waals surface area (Å²) in [5.41, 5.74) is 11.4. The van der Waals surface area contributed by atoms with Crippen LogP contribution >= 0.6 is 11.8 Å². The van der Waals surface area contributed by atoms with Gasteiger partial charge in [0, 0.05) is 6.54 Å². The normalized spacial score (nSPS) is 11.4. The van der Waals surface area contributed by atoms with Crippen molar-refractivity contribution >= 4 is 28.8 Å². The third-order valence-corrected chi connectivity index (χ3v) is 3.32. The van der Waals surface area contributed by atoms with Crippen LogP contribution in [0.25, 0.3) is 0 Å². The molecule has 7 heteroatoms. The number of amides is 1. The number of nitrogens with one attached hydrogen (secondary N) is 2. The summed E-state index contributed by atoms with van der Waals surface area (Å²) in [6, 6.07) is 9.96. The van der Waals surface area contributed by atoms with Crippen LogP contribution in [0, 0.1) is 5.41 Å². The number of aliphatic imine (C=N–C) groups is 1. The molecule has 0 aliphatic carbocycles. The largest absolute Gasteiger partial charge is 0.370 e. The Balaban J connectivity index is 2.30. The van der Waals surface area contributed by atoms with Crippen molar-refractivity contribution in [3.63, 3.8) is 0 Å². The highest BCUT2D eigenvalue weighted by Gasteiger charge is 2.08. The van der Waals surface area contributed by atoms with Gasteiger partial charge in [-0.3, -0.25) is 10.2 Å². The molecule has 0 fully saturated rings. The molecule has 108 valence electrons. The Kier molecular flexibility index (Phi) is 6.58. The number of carbonyl (C=O) groups excluding carboxylic acids is 1. The van der Waals surface area contributed by atoms with E-state index in [4.69, 9.17) is 16.9 Å². The van der Waals surface area contributed by atoms with Crippen LogP contribution in [0.3, 0.4) is 0 Å². The standard InChI is InChI=1S/C13H19N5OS/c1-9(10-5-3-2-4-6-10)7-17-11(19)8-20-13(16)18-12(14)15/h2-6,9H,7-8H2,1H3,(H,17,19)(H5,14,15,16,18). The molecule has 0 saturated heterocycles. The molecular formula is C13H19N5OS. The number of nitrogens with zero attached hydrogens (tertiary/aromatic N) is 1. The number of carbonyl (C=O) groups is 1. The van der Waals surface area contributed by atoms with Crippen molar-refractivity contribution in [2.75, 3.05) is 12.3 Å². The molecule has 1 rings (SSSR count). The Labute approximate surface area is 122 Å². The van der Waals surface area contributed by atoms with Crippen LogP contribution in [0.4, 0.5) is 0 Å². The first-order valence-electron chi connectivity index (χ1n) is 6.11. The fraction of sp³-hybridized carbons (Fsp3) is 0.308. The molecule has 0 spiro atoms. The van der Waals surface area contributed by atoms with Gasteiger partial charge in [-0.2, -0.15) is 4.99 Å². The Bertz CT molecular complexity index is 485. The van der Waals surface area contributed by atoms with Gasteiger partial charge in [0.05, 0.1) is 5.75 Å². The van der Waals surface area contributed by atoms with Crippen molar-refractivity contribution in [2.45, 2.75) is 12.8 Å². The maximum atomic E-state index is 11.6. The number of rotatable bonds is 5. The smallest absolute Gasteiger partial charge is 0.230 e. The van der Waals surface area contributed by atoms with Gasteiger partial charge in [-0.25, -0.2) is 0 Å². The van der Waals surface area contributed by atoms with Crippen molar-refractivity contribution in [2.24, 2.45) is 16.5 Å². The highest BCUT2D eigenvalue weighted by Crippen LogP contribution is 2.13. The molecule has 0 bridgehead atoms. The number of benzene rings is 1. The molecule has 0 radical (unpaired) electrons. The predicted molar refractivity (Wildman–Crippen MR) is 83.9 cm³/mol. The van der Waals surface area contributed by atoms with E-state index in [1.807, 2.05) is 37.3 Å². The third kappa shape index (κ3) is 6.24. The van der Waals surface area contributed by atoms with Crippen molar-refractivity contribution in [1.82, 2.24) is 5.32 Å². The highest BCUT2D eigenvalue weighted by atomic mass is 32.2. The van der Waals surface area contributed by atoms with Crippen molar-refractivity contribution in [1.29, 1.82) is 5.41 Å². The first-order chi connectivity index (χ1) is 9.49. The van der Waals surface area contributed by atoms with E-state index < -0.39 is 0 Å². The zero-order valence-electron chi connectivity index (χ0n) is 11.3. The van der Waals surface area contributed by atoms with E-state index in [0.29, 0.717) is 6.54 Å². The summed E-state index contributed by atoms with van der Waals surface area (Å²) in [7, 11) is 0. The molecule has 6 nitrogen and oxygen atoms in total. The second-order valence-corrected chi connectivity index (χ2v) is 5.21. The first kappa shape index (κ1) is 16.0. The molecule has 1 aromatic rings. The molecule has 0 aromatic heterocycles. The first-order valence-corrected chi connectivity index (χ1v) is 7.10. The average molecular weight is 293 g/mol. The van der Waals surface area contributed by atoms with Gasteiger partial charge in [-0.1, -0.05) is 49.0 Å². The summed E-state index contributed by atoms with van der Waals surface area (Å²) in [6.07, 6.45) is 0. The number of thioether (sulfide) groups is 1. The minimum Gasteiger partial charge on any atom is -0.370 e. The number of hydrogen-bond acceptors (Lipinski definition) is 3. The molecule has 20 heavy (non-hydrogen) atoms. The zero-order valence-corrected chi connectivity index (χ0v) is 12.1. The van der Waals surface area contributed by atoms with Crippen LogP contribution in [0.5, 0.6) is 0 Å². The number of nitrogens with two attached hydrogens (primary N) is 2. The second-order valence-electron chi connectivity index (χ2n) is 4.25. The molecule has 0 aliphatic rings. The van der Waals surface area contributed by atoms with Crippen LogP contribution in [-0.2, 0) is 4.79 Å². The van der Waals surface area contributed by atoms with Gasteiger partial charge in [-0.15, -0.1) is 0 Å². The van der Waals surface area contributed by atoms with Crippen LogP contribution in [0.1, 0.15) is 18.4 Å². The van der Waals surface area contributed by atoms with Gasteiger partial charge in [0.1, 0.15) is 0 Å². The molecule has 1 unspecified atom stereocenters. The predicted octanol–water partition coefficient (Wildman–Crippen LogP) is 0.848. The highest BCUT2D eigenvalue weighted by molar-refractivity contribution is 8.14. The molecule has 0 aliphatic heterocycles. The van der Waals surface area contributed by atoms with E-state index in [-0.39, 0.29) is 28.7 Å². The lowest BCUT2D eigenvalue weighted by Gasteiger charge is -2.12. The molecule has 0 heterocycles. The van der Waals surface area contributed by atoms with E-state index in [1.54, 1.807) is 0 Å². The van der Waals surface area contributed by atoms with Gasteiger partial charge in [-0.05, 0) is 11.5 Å². The van der Waals surface area contributed by atoms with E-state index >= 15 is 0 Å². The lowest BCUT2D eigenvalue weighted by molar-refractivity contribution is -0.118. The van der Waals surface area contributed by atoms with Gasteiger partial charge in [0.15, 0.2) is 11.1 Å². The van der Waals surface area contributed by atoms with Gasteiger partial charge in [0.2, 0.25) is 5.91 Å². The molecule has 1 aromatic carbocycles. The van der Waals surface area contributed by atoms with Gasteiger partial charge < -0.3 is 16.8 Å². The minimum atomic E-state index is -0.180. The summed E-state index contributed by atoms with van der Waals surface area (Å²) in [4.78, 5) is 15.2. The molecule has 0 saturated carbocycles. The summed E-state index contributed by atoms with van der Waals surface area (Å²) >= 11 is 0.984. The molecule has 6 N–H and O–H groups in total. The third-order valence-electron chi connectivity index (χ3n) is 2.54. The Hall–Kier alpha value is -2.02. The van der Waals surface area contributed by atoms with Crippen molar-refractivity contribution < 1.29 is 4.79 Å². The van der Waals surface area contributed by atoms with Gasteiger partial charge in [0.25, 0.3) is 0 Å². The maximum Gasteiger partial charge on any atom is 0.230 e. The van der Waals surface area contributed by atoms with Crippen LogP contribution in [0.2, 0.25) is 0 Å². The Morgan fingerprint density at radius 2 is 2.05 bits per heavy atom. The fourth-order valence-electron chi connectivity index (χ4n) is 1.50. The minimum absolute atomic E-state index is 0.0729. The van der Waals surface area contributed by atoms with Crippen LogP contribution < -0.4 is 16.8 Å². The van der Waals surface area contributed by atoms with Crippen LogP contribution in [0.15, 0.2) is 35.3 Å². The molecule has 1 amide bonds. The van der Waals surface area contributed by atoms with Crippen LogP contribution in [-0.4, -0.2) is 29.3 Å². The number of guanidine groups is 1. The SMILES string of the molecule is CC(CNC(=O)CSC(=N)N=C(N)N)c1ccccc1. The van der Waals surface area contributed by atoms with Gasteiger partial charge >= 0.3 is 0 Å². The quantitative estimate of drug-likeness (QED) is 0.475. The van der Waals surface area contributed by atoms with E-state index in [0.717, 1.165) is 11.8 Å². The second kappa shape index (κ2) is 8.21. The maximum absolute atomic E-state index is 11.6.